The van der Waals surface area contributed by atoms with E-state index in [0.717, 1.165) is 11.3 Å². The Hall–Kier alpha value is -3.74. The minimum atomic E-state index is -0.498. The molecule has 0 fully saturated rings. The average Bonchev–Trinajstić information content (AvgIpc) is 2.71. The topological polar surface area (TPSA) is 93.2 Å². The summed E-state index contributed by atoms with van der Waals surface area (Å²) in [6.45, 7) is 6.01. The lowest BCUT2D eigenvalue weighted by molar-refractivity contribution is 0.0527. The molecule has 0 atom stereocenters. The van der Waals surface area contributed by atoms with E-state index in [1.54, 1.807) is 43.3 Å². The molecule has 0 bridgehead atoms. The maximum absolute atomic E-state index is 12.5. The summed E-state index contributed by atoms with van der Waals surface area (Å²) in [5.41, 5.74) is 3.96. The summed E-state index contributed by atoms with van der Waals surface area (Å²) >= 11 is 0. The van der Waals surface area contributed by atoms with Crippen molar-refractivity contribution < 1.29 is 14.3 Å². The average molecular weight is 390 g/mol. The molecule has 0 aliphatic rings. The molecule has 0 radical (unpaired) electrons. The molecule has 0 saturated heterocycles. The van der Waals surface area contributed by atoms with E-state index in [1.807, 2.05) is 26.0 Å². The van der Waals surface area contributed by atoms with Gasteiger partial charge < -0.3 is 15.4 Å². The molecular formula is C22H22N4O3. The van der Waals surface area contributed by atoms with Crippen molar-refractivity contribution in [2.24, 2.45) is 0 Å². The Balaban J connectivity index is 1.72. The molecule has 0 saturated carbocycles. The van der Waals surface area contributed by atoms with Crippen LogP contribution in [-0.2, 0) is 4.74 Å². The highest BCUT2D eigenvalue weighted by atomic mass is 16.5. The Bertz CT molecular complexity index is 1030. The first-order valence-electron chi connectivity index (χ1n) is 9.23. The Morgan fingerprint density at radius 2 is 1.76 bits per heavy atom. The molecule has 0 aliphatic carbocycles. The number of anilines is 3. The highest BCUT2D eigenvalue weighted by molar-refractivity contribution is 6.07. The van der Waals surface area contributed by atoms with E-state index in [2.05, 4.69) is 26.9 Å². The van der Waals surface area contributed by atoms with Crippen LogP contribution in [0.3, 0.4) is 0 Å². The molecule has 1 amide bonds. The third kappa shape index (κ3) is 4.95. The normalized spacial score (nSPS) is 10.3. The van der Waals surface area contributed by atoms with E-state index in [0.29, 0.717) is 11.5 Å². The quantitative estimate of drug-likeness (QED) is 0.611. The number of nitrogens with zero attached hydrogens (tertiary/aromatic N) is 2. The standard InChI is InChI=1S/C22H22N4O3/c1-4-29-22(28)16-7-5-6-8-18(16)24-21(27)19-11-12-20(26-25-19)23-17-10-9-14(2)13-15(17)3/h5-13H,4H2,1-3H3,(H,23,26)(H,24,27). The minimum Gasteiger partial charge on any atom is -0.462 e. The van der Waals surface area contributed by atoms with Gasteiger partial charge >= 0.3 is 5.97 Å². The SMILES string of the molecule is CCOC(=O)c1ccccc1NC(=O)c1ccc(Nc2ccc(C)cc2C)nn1. The lowest BCUT2D eigenvalue weighted by Crippen LogP contribution is -2.17. The molecule has 1 aromatic heterocycles. The maximum atomic E-state index is 12.5. The number of rotatable bonds is 6. The van der Waals surface area contributed by atoms with Crippen LogP contribution in [0.2, 0.25) is 0 Å². The summed E-state index contributed by atoms with van der Waals surface area (Å²) in [6.07, 6.45) is 0. The Morgan fingerprint density at radius 1 is 0.966 bits per heavy atom. The first-order valence-corrected chi connectivity index (χ1v) is 9.23. The summed E-state index contributed by atoms with van der Waals surface area (Å²) in [4.78, 5) is 24.6. The monoisotopic (exact) mass is 390 g/mol. The zero-order chi connectivity index (χ0) is 20.8. The van der Waals surface area contributed by atoms with Crippen LogP contribution < -0.4 is 10.6 Å². The van der Waals surface area contributed by atoms with Crippen molar-refractivity contribution in [3.8, 4) is 0 Å². The molecule has 3 rings (SSSR count). The zero-order valence-corrected chi connectivity index (χ0v) is 16.5. The first-order chi connectivity index (χ1) is 14.0. The maximum Gasteiger partial charge on any atom is 0.340 e. The van der Waals surface area contributed by atoms with Gasteiger partial charge in [0, 0.05) is 5.69 Å². The van der Waals surface area contributed by atoms with E-state index in [4.69, 9.17) is 4.74 Å². The molecule has 2 aromatic carbocycles. The smallest absolute Gasteiger partial charge is 0.340 e. The van der Waals surface area contributed by atoms with Gasteiger partial charge in [-0.05, 0) is 56.7 Å². The molecule has 3 aromatic rings. The number of carbonyl (C=O) groups is 2. The molecule has 1 heterocycles. The van der Waals surface area contributed by atoms with E-state index < -0.39 is 11.9 Å². The van der Waals surface area contributed by atoms with Gasteiger partial charge in [0.2, 0.25) is 0 Å². The highest BCUT2D eigenvalue weighted by Gasteiger charge is 2.16. The number of amides is 1. The highest BCUT2D eigenvalue weighted by Crippen LogP contribution is 2.20. The number of hydrogen-bond donors (Lipinski definition) is 2. The van der Waals surface area contributed by atoms with Crippen molar-refractivity contribution in [2.45, 2.75) is 20.8 Å². The lowest BCUT2D eigenvalue weighted by Gasteiger charge is -2.11. The predicted molar refractivity (Wildman–Crippen MR) is 112 cm³/mol. The molecule has 29 heavy (non-hydrogen) atoms. The van der Waals surface area contributed by atoms with Crippen molar-refractivity contribution >= 4 is 29.1 Å². The van der Waals surface area contributed by atoms with Crippen LogP contribution >= 0.6 is 0 Å². The van der Waals surface area contributed by atoms with Crippen LogP contribution in [0, 0.1) is 13.8 Å². The van der Waals surface area contributed by atoms with E-state index in [1.165, 1.54) is 5.56 Å². The summed E-state index contributed by atoms with van der Waals surface area (Å²) in [5.74, 6) is -0.435. The minimum absolute atomic E-state index is 0.134. The van der Waals surface area contributed by atoms with Crippen molar-refractivity contribution in [3.63, 3.8) is 0 Å². The van der Waals surface area contributed by atoms with E-state index >= 15 is 0 Å². The van der Waals surface area contributed by atoms with Crippen molar-refractivity contribution in [3.05, 3.63) is 77.0 Å². The van der Waals surface area contributed by atoms with Crippen LogP contribution in [0.25, 0.3) is 0 Å². The van der Waals surface area contributed by atoms with Gasteiger partial charge in [-0.2, -0.15) is 0 Å². The second-order valence-electron chi connectivity index (χ2n) is 6.47. The van der Waals surface area contributed by atoms with E-state index in [9.17, 15) is 9.59 Å². The molecule has 7 heteroatoms. The van der Waals surface area contributed by atoms with Crippen molar-refractivity contribution in [1.82, 2.24) is 10.2 Å². The van der Waals surface area contributed by atoms with Gasteiger partial charge in [0.25, 0.3) is 5.91 Å². The number of carbonyl (C=O) groups excluding carboxylic acids is 2. The zero-order valence-electron chi connectivity index (χ0n) is 16.5. The molecule has 0 aliphatic heterocycles. The third-order valence-electron chi connectivity index (χ3n) is 4.21. The van der Waals surface area contributed by atoms with Crippen molar-refractivity contribution in [1.29, 1.82) is 0 Å². The summed E-state index contributed by atoms with van der Waals surface area (Å²) in [7, 11) is 0. The van der Waals surface area contributed by atoms with Crippen LogP contribution in [0.1, 0.15) is 38.9 Å². The van der Waals surface area contributed by atoms with Gasteiger partial charge in [0.15, 0.2) is 11.5 Å². The second-order valence-corrected chi connectivity index (χ2v) is 6.47. The van der Waals surface area contributed by atoms with Gasteiger partial charge in [-0.1, -0.05) is 29.8 Å². The van der Waals surface area contributed by atoms with E-state index in [-0.39, 0.29) is 17.9 Å². The van der Waals surface area contributed by atoms with Crippen LogP contribution in [0.15, 0.2) is 54.6 Å². The number of aromatic nitrogens is 2. The van der Waals surface area contributed by atoms with Crippen LogP contribution in [0.5, 0.6) is 0 Å². The number of nitrogens with one attached hydrogen (secondary N) is 2. The number of ether oxygens (including phenoxy) is 1. The summed E-state index contributed by atoms with van der Waals surface area (Å²) < 4.78 is 5.02. The van der Waals surface area contributed by atoms with Gasteiger partial charge in [-0.25, -0.2) is 4.79 Å². The first kappa shape index (κ1) is 20.0. The number of aryl methyl sites for hydroxylation is 2. The Kier molecular flexibility index (Phi) is 6.19. The third-order valence-corrected chi connectivity index (χ3v) is 4.21. The van der Waals surface area contributed by atoms with Gasteiger partial charge in [-0.3, -0.25) is 4.79 Å². The molecule has 2 N–H and O–H groups in total. The molecule has 7 nitrogen and oxygen atoms in total. The summed E-state index contributed by atoms with van der Waals surface area (Å²) in [5, 5.41) is 13.9. The number of benzene rings is 2. The van der Waals surface area contributed by atoms with Crippen LogP contribution in [-0.4, -0.2) is 28.7 Å². The predicted octanol–water partition coefficient (Wildman–Crippen LogP) is 4.27. The molecule has 0 unspecified atom stereocenters. The Labute approximate surface area is 169 Å². The number of esters is 1. The second kappa shape index (κ2) is 8.97. The summed E-state index contributed by atoms with van der Waals surface area (Å²) in [6, 6.07) is 15.9. The fraction of sp³-hybridized carbons (Fsp3) is 0.182. The molecule has 0 spiro atoms. The Morgan fingerprint density at radius 3 is 2.45 bits per heavy atom. The fourth-order valence-corrected chi connectivity index (χ4v) is 2.78. The molecular weight excluding hydrogens is 368 g/mol. The lowest BCUT2D eigenvalue weighted by atomic mass is 10.1. The van der Waals surface area contributed by atoms with Crippen LogP contribution in [0.4, 0.5) is 17.2 Å². The van der Waals surface area contributed by atoms with Crippen molar-refractivity contribution in [2.75, 3.05) is 17.2 Å². The number of hydrogen-bond acceptors (Lipinski definition) is 6. The number of para-hydroxylation sites is 1. The largest absolute Gasteiger partial charge is 0.462 e. The van der Waals surface area contributed by atoms with Gasteiger partial charge in [-0.15, -0.1) is 10.2 Å². The fourth-order valence-electron chi connectivity index (χ4n) is 2.78. The van der Waals surface area contributed by atoms with Gasteiger partial charge in [0.1, 0.15) is 0 Å². The molecule has 148 valence electrons. The van der Waals surface area contributed by atoms with Gasteiger partial charge in [0.05, 0.1) is 17.9 Å².